The normalized spacial score (nSPS) is 20.0. The van der Waals surface area contributed by atoms with Crippen molar-refractivity contribution >= 4 is 23.7 Å². The quantitative estimate of drug-likeness (QED) is 0.220. The first-order valence-electron chi connectivity index (χ1n) is 11.1. The largest absolute Gasteiger partial charge is 0.444 e. The molecule has 0 radical (unpaired) electrons. The highest BCUT2D eigenvalue weighted by atomic mass is 16.6. The number of amides is 3. The molecule has 0 aliphatic carbocycles. The molecule has 0 aromatic heterocycles. The Bertz CT molecular complexity index is 878. The summed E-state index contributed by atoms with van der Waals surface area (Å²) in [6.45, 7) is 9.65. The highest BCUT2D eigenvalue weighted by molar-refractivity contribution is 5.97. The second-order valence-electron chi connectivity index (χ2n) is 9.45. The summed E-state index contributed by atoms with van der Waals surface area (Å²) < 4.78 is 5.46. The monoisotopic (exact) mass is 461 g/mol. The fraction of sp³-hybridized carbons (Fsp3) is 0.565. The maximum absolute atomic E-state index is 13.0. The second kappa shape index (κ2) is 11.0. The maximum Gasteiger partial charge on any atom is 0.410 e. The number of nitrogens with zero attached hydrogens (tertiary/aromatic N) is 2. The van der Waals surface area contributed by atoms with Crippen molar-refractivity contribution in [3.8, 4) is 0 Å². The number of nitrogens with two attached hydrogens (primary N) is 1. The Morgan fingerprint density at radius 3 is 2.48 bits per heavy atom. The molecule has 10 nitrogen and oxygen atoms in total. The van der Waals surface area contributed by atoms with E-state index in [1.165, 1.54) is 4.90 Å². The highest BCUT2D eigenvalue weighted by Gasteiger charge is 2.37. The SMILES string of the molecule is C[C@H]1CCN(C(=O)OC(C)(C)C)[C@@H](C(=O)N[C@@H](C)C(=O)NCc2ccc(/C(N)=N/O)cc2)C1. The number of ether oxygens (including phenoxy) is 1. The van der Waals surface area contributed by atoms with Crippen LogP contribution in [-0.2, 0) is 20.9 Å². The molecule has 0 unspecified atom stereocenters. The Hall–Kier alpha value is -3.30. The van der Waals surface area contributed by atoms with Crippen molar-refractivity contribution in [2.75, 3.05) is 6.54 Å². The van der Waals surface area contributed by atoms with Crippen LogP contribution in [0.2, 0.25) is 0 Å². The molecule has 2 rings (SSSR count). The molecule has 1 fully saturated rings. The molecule has 33 heavy (non-hydrogen) atoms. The van der Waals surface area contributed by atoms with Crippen LogP contribution in [0.5, 0.6) is 0 Å². The summed E-state index contributed by atoms with van der Waals surface area (Å²) >= 11 is 0. The summed E-state index contributed by atoms with van der Waals surface area (Å²) in [5, 5.41) is 17.2. The first kappa shape index (κ1) is 26.0. The Morgan fingerprint density at radius 1 is 1.27 bits per heavy atom. The van der Waals surface area contributed by atoms with Crippen LogP contribution in [0.15, 0.2) is 29.4 Å². The first-order valence-corrected chi connectivity index (χ1v) is 11.1. The van der Waals surface area contributed by atoms with Gasteiger partial charge in [-0.1, -0.05) is 36.3 Å². The van der Waals surface area contributed by atoms with Crippen LogP contribution >= 0.6 is 0 Å². The predicted molar refractivity (Wildman–Crippen MR) is 124 cm³/mol. The maximum atomic E-state index is 13.0. The van der Waals surface area contributed by atoms with Gasteiger partial charge in [0.15, 0.2) is 5.84 Å². The number of benzene rings is 1. The molecular formula is C23H35N5O5. The van der Waals surface area contributed by atoms with Crippen molar-refractivity contribution < 1.29 is 24.3 Å². The topological polar surface area (TPSA) is 146 Å². The van der Waals surface area contributed by atoms with E-state index >= 15 is 0 Å². The van der Waals surface area contributed by atoms with Crippen LogP contribution in [0, 0.1) is 5.92 Å². The van der Waals surface area contributed by atoms with Gasteiger partial charge in [0.25, 0.3) is 0 Å². The predicted octanol–water partition coefficient (Wildman–Crippen LogP) is 1.94. The Morgan fingerprint density at radius 2 is 1.91 bits per heavy atom. The van der Waals surface area contributed by atoms with Crippen molar-refractivity contribution in [3.63, 3.8) is 0 Å². The van der Waals surface area contributed by atoms with Crippen molar-refractivity contribution in [3.05, 3.63) is 35.4 Å². The first-order chi connectivity index (χ1) is 15.4. The molecule has 3 atom stereocenters. The third-order valence-corrected chi connectivity index (χ3v) is 5.37. The third kappa shape index (κ3) is 7.65. The van der Waals surface area contributed by atoms with Crippen molar-refractivity contribution in [1.82, 2.24) is 15.5 Å². The summed E-state index contributed by atoms with van der Waals surface area (Å²) in [5.74, 6) is -0.453. The van der Waals surface area contributed by atoms with Crippen molar-refractivity contribution in [2.24, 2.45) is 16.8 Å². The van der Waals surface area contributed by atoms with Crippen molar-refractivity contribution in [1.29, 1.82) is 0 Å². The molecule has 1 aromatic carbocycles. The van der Waals surface area contributed by atoms with Gasteiger partial charge >= 0.3 is 6.09 Å². The lowest BCUT2D eigenvalue weighted by atomic mass is 9.92. The number of oxime groups is 1. The molecule has 3 amide bonds. The zero-order valence-corrected chi connectivity index (χ0v) is 19.9. The van der Waals surface area contributed by atoms with E-state index in [1.54, 1.807) is 52.0 Å². The summed E-state index contributed by atoms with van der Waals surface area (Å²) in [6.07, 6.45) is 0.765. The fourth-order valence-electron chi connectivity index (χ4n) is 3.50. The van der Waals surface area contributed by atoms with Gasteiger partial charge < -0.3 is 26.3 Å². The number of carbonyl (C=O) groups is 3. The van der Waals surface area contributed by atoms with Gasteiger partial charge in [0.05, 0.1) is 0 Å². The van der Waals surface area contributed by atoms with E-state index in [0.29, 0.717) is 18.5 Å². The summed E-state index contributed by atoms with van der Waals surface area (Å²) in [6, 6.07) is 5.38. The zero-order chi connectivity index (χ0) is 24.8. The number of likely N-dealkylation sites (tertiary alicyclic amines) is 1. The number of carbonyl (C=O) groups excluding carboxylic acids is 3. The van der Waals surface area contributed by atoms with Gasteiger partial charge in [0.2, 0.25) is 11.8 Å². The Kier molecular flexibility index (Phi) is 8.67. The molecule has 0 spiro atoms. The van der Waals surface area contributed by atoms with E-state index in [9.17, 15) is 14.4 Å². The van der Waals surface area contributed by atoms with Crippen LogP contribution in [0.4, 0.5) is 4.79 Å². The van der Waals surface area contributed by atoms with Gasteiger partial charge in [-0.2, -0.15) is 0 Å². The zero-order valence-electron chi connectivity index (χ0n) is 19.9. The lowest BCUT2D eigenvalue weighted by molar-refractivity contribution is -0.132. The molecular weight excluding hydrogens is 426 g/mol. The van der Waals surface area contributed by atoms with E-state index in [0.717, 1.165) is 12.0 Å². The number of hydrogen-bond acceptors (Lipinski definition) is 6. The highest BCUT2D eigenvalue weighted by Crippen LogP contribution is 2.25. The van der Waals surface area contributed by atoms with Crippen LogP contribution in [0.3, 0.4) is 0 Å². The standard InChI is InChI=1S/C23H35N5O5/c1-14-10-11-28(22(31)33-23(3,4)5)18(12-14)21(30)26-15(2)20(29)25-13-16-6-8-17(9-7-16)19(24)27-32/h6-9,14-15,18,32H,10-13H2,1-5H3,(H2,24,27)(H,25,29)(H,26,30)/t14-,15-,18+/m0/s1. The second-order valence-corrected chi connectivity index (χ2v) is 9.45. The summed E-state index contributed by atoms with van der Waals surface area (Å²) in [4.78, 5) is 39.5. The van der Waals surface area contributed by atoms with Crippen LogP contribution in [-0.4, -0.2) is 58.1 Å². The molecule has 5 N–H and O–H groups in total. The molecule has 1 aliphatic rings. The summed E-state index contributed by atoms with van der Waals surface area (Å²) in [7, 11) is 0. The van der Waals surface area contributed by atoms with Gasteiger partial charge in [-0.15, -0.1) is 0 Å². The Labute approximate surface area is 194 Å². The minimum absolute atomic E-state index is 0.000577. The van der Waals surface area contributed by atoms with Crippen molar-refractivity contribution in [2.45, 2.75) is 71.7 Å². The van der Waals surface area contributed by atoms with Crippen LogP contribution in [0.25, 0.3) is 0 Å². The van der Waals surface area contributed by atoms with Gasteiger partial charge in [0.1, 0.15) is 17.7 Å². The molecule has 1 heterocycles. The van der Waals surface area contributed by atoms with E-state index in [-0.39, 0.29) is 30.1 Å². The smallest absolute Gasteiger partial charge is 0.410 e. The average molecular weight is 462 g/mol. The molecule has 10 heteroatoms. The van der Waals surface area contributed by atoms with Gasteiger partial charge in [0, 0.05) is 18.7 Å². The molecule has 0 bridgehead atoms. The molecule has 1 aromatic rings. The van der Waals surface area contributed by atoms with E-state index in [1.807, 2.05) is 6.92 Å². The molecule has 0 saturated carbocycles. The minimum atomic E-state index is -0.786. The average Bonchev–Trinajstić information content (AvgIpc) is 2.75. The lowest BCUT2D eigenvalue weighted by Gasteiger charge is -2.38. The summed E-state index contributed by atoms with van der Waals surface area (Å²) in [5.41, 5.74) is 6.25. The van der Waals surface area contributed by atoms with Crippen LogP contribution < -0.4 is 16.4 Å². The molecule has 1 aliphatic heterocycles. The number of rotatable bonds is 6. The number of nitrogens with one attached hydrogen (secondary N) is 2. The van der Waals surface area contributed by atoms with E-state index in [4.69, 9.17) is 15.7 Å². The number of hydrogen-bond donors (Lipinski definition) is 4. The van der Waals surface area contributed by atoms with E-state index in [2.05, 4.69) is 15.8 Å². The van der Waals surface area contributed by atoms with E-state index < -0.39 is 23.8 Å². The number of piperidine rings is 1. The Balaban J connectivity index is 1.94. The van der Waals surface area contributed by atoms with Crippen LogP contribution in [0.1, 0.15) is 58.6 Å². The molecule has 182 valence electrons. The fourth-order valence-corrected chi connectivity index (χ4v) is 3.50. The van der Waals surface area contributed by atoms with Gasteiger partial charge in [-0.05, 0) is 52.0 Å². The van der Waals surface area contributed by atoms with Gasteiger partial charge in [-0.3, -0.25) is 14.5 Å². The third-order valence-electron chi connectivity index (χ3n) is 5.37. The minimum Gasteiger partial charge on any atom is -0.444 e. The lowest BCUT2D eigenvalue weighted by Crippen LogP contribution is -2.57. The molecule has 1 saturated heterocycles. The van der Waals surface area contributed by atoms with Gasteiger partial charge in [-0.25, -0.2) is 4.79 Å². The number of amidine groups is 1.